The fourth-order valence-electron chi connectivity index (χ4n) is 2.02. The Morgan fingerprint density at radius 3 is 2.60 bits per heavy atom. The van der Waals surface area contributed by atoms with Crippen molar-refractivity contribution in [2.75, 3.05) is 5.73 Å². The Morgan fingerprint density at radius 2 is 2.00 bits per heavy atom. The second-order valence-corrected chi connectivity index (χ2v) is 4.82. The number of unbranched alkanes of at least 4 members (excludes halogenated alkanes) is 1. The summed E-state index contributed by atoms with van der Waals surface area (Å²) in [5.41, 5.74) is 8.18. The van der Waals surface area contributed by atoms with Crippen LogP contribution in [0, 0.1) is 18.3 Å². The first-order valence-electron chi connectivity index (χ1n) is 6.79. The van der Waals surface area contributed by atoms with E-state index in [2.05, 4.69) is 13.0 Å². The second-order valence-electron chi connectivity index (χ2n) is 4.82. The molecule has 0 radical (unpaired) electrons. The number of benzene rings is 1. The van der Waals surface area contributed by atoms with Crippen LogP contribution in [-0.4, -0.2) is 4.57 Å². The lowest BCUT2D eigenvalue weighted by molar-refractivity contribution is 0.425. The number of nitriles is 1. The highest BCUT2D eigenvalue weighted by molar-refractivity contribution is 5.56. The summed E-state index contributed by atoms with van der Waals surface area (Å²) >= 11 is 0. The fourth-order valence-corrected chi connectivity index (χ4v) is 2.02. The summed E-state index contributed by atoms with van der Waals surface area (Å²) in [7, 11) is 0. The van der Waals surface area contributed by atoms with E-state index in [1.165, 1.54) is 5.56 Å². The Labute approximate surface area is 119 Å². The van der Waals surface area contributed by atoms with E-state index in [0.717, 1.165) is 25.1 Å². The summed E-state index contributed by atoms with van der Waals surface area (Å²) in [4.78, 5) is 0. The first kappa shape index (κ1) is 14.0. The number of anilines is 1. The van der Waals surface area contributed by atoms with Gasteiger partial charge in [-0.2, -0.15) is 5.26 Å². The van der Waals surface area contributed by atoms with Crippen LogP contribution in [0.4, 0.5) is 5.69 Å². The largest absolute Gasteiger partial charge is 0.439 e. The summed E-state index contributed by atoms with van der Waals surface area (Å²) in [6.45, 7) is 4.87. The zero-order valence-electron chi connectivity index (χ0n) is 11.9. The van der Waals surface area contributed by atoms with E-state index in [-0.39, 0.29) is 0 Å². The molecule has 4 nitrogen and oxygen atoms in total. The van der Waals surface area contributed by atoms with E-state index in [0.29, 0.717) is 17.3 Å². The molecule has 1 heterocycles. The predicted octanol–water partition coefficient (Wildman–Crippen LogP) is 3.84. The molecule has 0 saturated heterocycles. The summed E-state index contributed by atoms with van der Waals surface area (Å²) in [5.74, 6) is 1.28. The molecule has 1 aromatic carbocycles. The molecule has 2 aromatic rings. The van der Waals surface area contributed by atoms with Gasteiger partial charge >= 0.3 is 0 Å². The quantitative estimate of drug-likeness (QED) is 0.896. The maximum atomic E-state index is 9.18. The van der Waals surface area contributed by atoms with E-state index in [1.807, 2.05) is 35.8 Å². The smallest absolute Gasteiger partial charge is 0.224 e. The van der Waals surface area contributed by atoms with Crippen molar-refractivity contribution < 1.29 is 4.74 Å². The first-order chi connectivity index (χ1) is 9.65. The van der Waals surface area contributed by atoms with Gasteiger partial charge in [-0.1, -0.05) is 31.0 Å². The molecule has 0 amide bonds. The van der Waals surface area contributed by atoms with Crippen molar-refractivity contribution in [2.45, 2.75) is 33.2 Å². The fraction of sp³-hybridized carbons (Fsp3) is 0.312. The standard InChI is InChI=1S/C16H19N3O/c1-3-4-9-19-13(11-17)10-15(18)16(19)20-14-7-5-12(2)6-8-14/h5-8,10H,3-4,9,18H2,1-2H3. The number of hydrogen-bond acceptors (Lipinski definition) is 3. The van der Waals surface area contributed by atoms with Crippen molar-refractivity contribution in [3.05, 3.63) is 41.6 Å². The monoisotopic (exact) mass is 269 g/mol. The number of hydrogen-bond donors (Lipinski definition) is 1. The van der Waals surface area contributed by atoms with Crippen LogP contribution in [0.1, 0.15) is 31.0 Å². The molecular weight excluding hydrogens is 250 g/mol. The highest BCUT2D eigenvalue weighted by atomic mass is 16.5. The number of nitrogens with two attached hydrogens (primary N) is 1. The molecule has 0 fully saturated rings. The Bertz CT molecular complexity index is 620. The van der Waals surface area contributed by atoms with Crippen molar-refractivity contribution in [1.29, 1.82) is 5.26 Å². The third-order valence-corrected chi connectivity index (χ3v) is 3.16. The summed E-state index contributed by atoms with van der Waals surface area (Å²) < 4.78 is 7.71. The van der Waals surface area contributed by atoms with E-state index in [1.54, 1.807) is 6.07 Å². The predicted molar refractivity (Wildman–Crippen MR) is 79.7 cm³/mol. The zero-order valence-corrected chi connectivity index (χ0v) is 11.9. The third kappa shape index (κ3) is 2.94. The van der Waals surface area contributed by atoms with Crippen molar-refractivity contribution in [1.82, 2.24) is 4.57 Å². The Morgan fingerprint density at radius 1 is 1.30 bits per heavy atom. The van der Waals surface area contributed by atoms with Crippen LogP contribution in [-0.2, 0) is 6.54 Å². The van der Waals surface area contributed by atoms with E-state index in [9.17, 15) is 5.26 Å². The molecule has 0 bridgehead atoms. The van der Waals surface area contributed by atoms with Gasteiger partial charge in [-0.15, -0.1) is 0 Å². The lowest BCUT2D eigenvalue weighted by atomic mass is 10.2. The maximum Gasteiger partial charge on any atom is 0.224 e. The van der Waals surface area contributed by atoms with Crippen molar-refractivity contribution >= 4 is 5.69 Å². The number of aryl methyl sites for hydroxylation is 1. The van der Waals surface area contributed by atoms with Gasteiger partial charge in [0.25, 0.3) is 0 Å². The number of aromatic nitrogens is 1. The molecule has 0 aliphatic rings. The highest BCUT2D eigenvalue weighted by Crippen LogP contribution is 2.31. The van der Waals surface area contributed by atoms with E-state index >= 15 is 0 Å². The van der Waals surface area contributed by atoms with Gasteiger partial charge in [-0.3, -0.25) is 0 Å². The van der Waals surface area contributed by atoms with Crippen molar-refractivity contribution in [3.8, 4) is 17.7 Å². The lowest BCUT2D eigenvalue weighted by Crippen LogP contribution is -2.03. The minimum atomic E-state index is 0.498. The molecule has 104 valence electrons. The molecule has 2 rings (SSSR count). The van der Waals surface area contributed by atoms with Gasteiger partial charge in [0.1, 0.15) is 17.5 Å². The second kappa shape index (κ2) is 6.16. The number of ether oxygens (including phenoxy) is 1. The first-order valence-corrected chi connectivity index (χ1v) is 6.79. The topological polar surface area (TPSA) is 64.0 Å². The highest BCUT2D eigenvalue weighted by Gasteiger charge is 2.14. The summed E-state index contributed by atoms with van der Waals surface area (Å²) in [6, 6.07) is 11.6. The van der Waals surface area contributed by atoms with Gasteiger partial charge in [0.2, 0.25) is 5.88 Å². The summed E-state index contributed by atoms with van der Waals surface area (Å²) in [5, 5.41) is 9.18. The van der Waals surface area contributed by atoms with Crippen LogP contribution in [0.15, 0.2) is 30.3 Å². The lowest BCUT2D eigenvalue weighted by Gasteiger charge is -2.12. The van der Waals surface area contributed by atoms with Crippen molar-refractivity contribution in [3.63, 3.8) is 0 Å². The molecular formula is C16H19N3O. The van der Waals surface area contributed by atoms with Gasteiger partial charge < -0.3 is 15.0 Å². The molecule has 0 aliphatic carbocycles. The van der Waals surface area contributed by atoms with Gasteiger partial charge in [0.15, 0.2) is 0 Å². The Hall–Kier alpha value is -2.41. The van der Waals surface area contributed by atoms with Crippen LogP contribution in [0.3, 0.4) is 0 Å². The van der Waals surface area contributed by atoms with Crippen LogP contribution in [0.2, 0.25) is 0 Å². The average molecular weight is 269 g/mol. The van der Waals surface area contributed by atoms with Gasteiger partial charge in [0, 0.05) is 12.6 Å². The molecule has 0 aliphatic heterocycles. The number of rotatable bonds is 5. The van der Waals surface area contributed by atoms with Crippen LogP contribution >= 0.6 is 0 Å². The molecule has 20 heavy (non-hydrogen) atoms. The average Bonchev–Trinajstić information content (AvgIpc) is 2.75. The molecule has 0 saturated carbocycles. The maximum absolute atomic E-state index is 9.18. The molecule has 4 heteroatoms. The van der Waals surface area contributed by atoms with Gasteiger partial charge in [0.05, 0.1) is 5.69 Å². The summed E-state index contributed by atoms with van der Waals surface area (Å²) in [6.07, 6.45) is 2.03. The normalized spacial score (nSPS) is 10.2. The minimum Gasteiger partial charge on any atom is -0.439 e. The van der Waals surface area contributed by atoms with Crippen LogP contribution in [0.5, 0.6) is 11.6 Å². The van der Waals surface area contributed by atoms with E-state index in [4.69, 9.17) is 10.5 Å². The minimum absolute atomic E-state index is 0.498. The Balaban J connectivity index is 2.32. The SMILES string of the molecule is CCCCn1c(C#N)cc(N)c1Oc1ccc(C)cc1. The van der Waals surface area contributed by atoms with Crippen LogP contribution in [0.25, 0.3) is 0 Å². The zero-order chi connectivity index (χ0) is 14.5. The molecule has 0 unspecified atom stereocenters. The molecule has 1 aromatic heterocycles. The van der Waals surface area contributed by atoms with Gasteiger partial charge in [-0.05, 0) is 25.5 Å². The van der Waals surface area contributed by atoms with E-state index < -0.39 is 0 Å². The molecule has 0 spiro atoms. The molecule has 2 N–H and O–H groups in total. The third-order valence-electron chi connectivity index (χ3n) is 3.16. The number of nitrogens with zero attached hydrogens (tertiary/aromatic N) is 2. The molecule has 0 atom stereocenters. The van der Waals surface area contributed by atoms with Gasteiger partial charge in [-0.25, -0.2) is 0 Å². The number of nitrogen functional groups attached to an aromatic ring is 1. The van der Waals surface area contributed by atoms with Crippen LogP contribution < -0.4 is 10.5 Å². The van der Waals surface area contributed by atoms with Crippen molar-refractivity contribution in [2.24, 2.45) is 0 Å². The Kier molecular flexibility index (Phi) is 4.31.